The van der Waals surface area contributed by atoms with Gasteiger partial charge in [-0.05, 0) is 26.3 Å². The summed E-state index contributed by atoms with van der Waals surface area (Å²) >= 11 is 0. The first-order valence-corrected chi connectivity index (χ1v) is 6.14. The molecule has 0 aromatic carbocycles. The van der Waals surface area contributed by atoms with E-state index >= 15 is 0 Å². The van der Waals surface area contributed by atoms with Gasteiger partial charge in [0.1, 0.15) is 5.78 Å². The van der Waals surface area contributed by atoms with Crippen molar-refractivity contribution in [2.45, 2.75) is 64.3 Å². The summed E-state index contributed by atoms with van der Waals surface area (Å²) in [5.41, 5.74) is 11.0. The summed E-state index contributed by atoms with van der Waals surface area (Å²) in [6.07, 6.45) is 9.36. The molecule has 3 heteroatoms. The maximum atomic E-state index is 10.8. The van der Waals surface area contributed by atoms with Crippen molar-refractivity contribution < 1.29 is 4.79 Å². The molecule has 0 aliphatic heterocycles. The van der Waals surface area contributed by atoms with Gasteiger partial charge in [0.25, 0.3) is 0 Å². The Hall–Kier alpha value is -0.410. The molecule has 0 rings (SSSR count). The van der Waals surface area contributed by atoms with Gasteiger partial charge < -0.3 is 11.5 Å². The molecule has 0 amide bonds. The lowest BCUT2D eigenvalue weighted by molar-refractivity contribution is -0.118. The summed E-state index contributed by atoms with van der Waals surface area (Å²) in [7, 11) is 0. The monoisotopic (exact) mass is 214 g/mol. The lowest BCUT2D eigenvalue weighted by Crippen LogP contribution is -2.27. The van der Waals surface area contributed by atoms with E-state index in [2.05, 4.69) is 0 Å². The van der Waals surface area contributed by atoms with Crippen molar-refractivity contribution >= 4 is 5.78 Å². The van der Waals surface area contributed by atoms with Crippen molar-refractivity contribution in [1.29, 1.82) is 0 Å². The van der Waals surface area contributed by atoms with E-state index in [1.807, 2.05) is 0 Å². The first kappa shape index (κ1) is 14.6. The van der Waals surface area contributed by atoms with Gasteiger partial charge in [-0.3, -0.25) is 4.79 Å². The quantitative estimate of drug-likeness (QED) is 0.546. The molecule has 3 nitrogen and oxygen atoms in total. The second-order valence-electron chi connectivity index (χ2n) is 4.27. The van der Waals surface area contributed by atoms with Gasteiger partial charge in [-0.15, -0.1) is 0 Å². The average Bonchev–Trinajstić information content (AvgIpc) is 2.21. The highest BCUT2D eigenvalue weighted by Gasteiger charge is 2.06. The molecule has 0 radical (unpaired) electrons. The number of carbonyl (C=O) groups excluding carboxylic acids is 1. The van der Waals surface area contributed by atoms with Gasteiger partial charge in [-0.1, -0.05) is 38.5 Å². The molecule has 0 spiro atoms. The van der Waals surface area contributed by atoms with Gasteiger partial charge in [-0.2, -0.15) is 0 Å². The van der Waals surface area contributed by atoms with E-state index in [4.69, 9.17) is 11.5 Å². The fraction of sp³-hybridized carbons (Fsp3) is 0.917. The molecule has 0 saturated carbocycles. The Morgan fingerprint density at radius 2 is 1.47 bits per heavy atom. The molecule has 0 heterocycles. The van der Waals surface area contributed by atoms with Crippen molar-refractivity contribution in [2.24, 2.45) is 11.5 Å². The Balaban J connectivity index is 3.08. The van der Waals surface area contributed by atoms with Crippen LogP contribution in [0.1, 0.15) is 58.3 Å². The number of hydrogen-bond acceptors (Lipinski definition) is 3. The minimum atomic E-state index is -0.234. The first-order chi connectivity index (χ1) is 7.18. The Bertz CT molecular complexity index is 160. The fourth-order valence-corrected chi connectivity index (χ4v) is 1.60. The third-order valence-electron chi connectivity index (χ3n) is 2.74. The number of hydrogen-bond donors (Lipinski definition) is 2. The molecule has 15 heavy (non-hydrogen) atoms. The third kappa shape index (κ3) is 9.88. The minimum absolute atomic E-state index is 0.109. The summed E-state index contributed by atoms with van der Waals surface area (Å²) in [4.78, 5) is 10.8. The highest BCUT2D eigenvalue weighted by molar-refractivity contribution is 5.80. The highest BCUT2D eigenvalue weighted by Crippen LogP contribution is 2.09. The van der Waals surface area contributed by atoms with Gasteiger partial charge >= 0.3 is 0 Å². The van der Waals surface area contributed by atoms with Crippen LogP contribution in [0.25, 0.3) is 0 Å². The summed E-state index contributed by atoms with van der Waals surface area (Å²) in [5, 5.41) is 0. The molecule has 4 N–H and O–H groups in total. The molecule has 0 aliphatic rings. The van der Waals surface area contributed by atoms with Gasteiger partial charge in [-0.25, -0.2) is 0 Å². The van der Waals surface area contributed by atoms with Crippen LogP contribution >= 0.6 is 0 Å². The molecule has 0 aliphatic carbocycles. The zero-order valence-corrected chi connectivity index (χ0v) is 10.0. The van der Waals surface area contributed by atoms with E-state index in [9.17, 15) is 4.79 Å². The van der Waals surface area contributed by atoms with Crippen LogP contribution in [0.2, 0.25) is 0 Å². The molecule has 1 atom stereocenters. The number of unbranched alkanes of at least 4 members (excludes halogenated alkanes) is 6. The molecular formula is C12H26N2O. The Morgan fingerprint density at radius 3 is 1.93 bits per heavy atom. The molecule has 0 fully saturated rings. The van der Waals surface area contributed by atoms with Crippen LogP contribution in [-0.2, 0) is 4.79 Å². The van der Waals surface area contributed by atoms with Gasteiger partial charge in [0, 0.05) is 0 Å². The number of rotatable bonds is 10. The maximum absolute atomic E-state index is 10.8. The molecule has 0 aromatic heterocycles. The van der Waals surface area contributed by atoms with Gasteiger partial charge in [0.05, 0.1) is 6.04 Å². The minimum Gasteiger partial charge on any atom is -0.330 e. The molecule has 0 saturated heterocycles. The van der Waals surface area contributed by atoms with E-state index in [0.717, 1.165) is 25.8 Å². The Labute approximate surface area is 93.6 Å². The van der Waals surface area contributed by atoms with E-state index in [0.29, 0.717) is 0 Å². The van der Waals surface area contributed by atoms with Crippen LogP contribution in [-0.4, -0.2) is 18.4 Å². The largest absolute Gasteiger partial charge is 0.330 e. The average molecular weight is 214 g/mol. The number of carbonyl (C=O) groups is 1. The Morgan fingerprint density at radius 1 is 1.00 bits per heavy atom. The smallest absolute Gasteiger partial charge is 0.146 e. The lowest BCUT2D eigenvalue weighted by Gasteiger charge is -2.06. The summed E-state index contributed by atoms with van der Waals surface area (Å²) < 4.78 is 0. The van der Waals surface area contributed by atoms with Gasteiger partial charge in [0.15, 0.2) is 0 Å². The SMILES string of the molecule is CC(=O)C(N)CCCCCCCCCN. The summed E-state index contributed by atoms with van der Waals surface area (Å²) in [5.74, 6) is 0.109. The zero-order chi connectivity index (χ0) is 11.5. The first-order valence-electron chi connectivity index (χ1n) is 6.14. The topological polar surface area (TPSA) is 69.1 Å². The van der Waals surface area contributed by atoms with Crippen LogP contribution in [0.4, 0.5) is 0 Å². The van der Waals surface area contributed by atoms with Crippen molar-refractivity contribution in [3.8, 4) is 0 Å². The van der Waals surface area contributed by atoms with Gasteiger partial charge in [0.2, 0.25) is 0 Å². The molecule has 1 unspecified atom stereocenters. The predicted octanol–water partition coefficient (Wildman–Crippen LogP) is 1.98. The molecule has 0 bridgehead atoms. The Kier molecular flexibility index (Phi) is 9.84. The second-order valence-corrected chi connectivity index (χ2v) is 4.27. The van der Waals surface area contributed by atoms with E-state index < -0.39 is 0 Å². The highest BCUT2D eigenvalue weighted by atomic mass is 16.1. The number of ketones is 1. The van der Waals surface area contributed by atoms with Crippen molar-refractivity contribution in [2.75, 3.05) is 6.54 Å². The lowest BCUT2D eigenvalue weighted by atomic mass is 10.0. The van der Waals surface area contributed by atoms with Crippen molar-refractivity contribution in [3.63, 3.8) is 0 Å². The van der Waals surface area contributed by atoms with Crippen molar-refractivity contribution in [1.82, 2.24) is 0 Å². The zero-order valence-electron chi connectivity index (χ0n) is 10.0. The molecular weight excluding hydrogens is 188 g/mol. The standard InChI is InChI=1S/C12H26N2O/c1-11(15)12(14)9-7-5-3-2-4-6-8-10-13/h12H,2-10,13-14H2,1H3. The van der Waals surface area contributed by atoms with Crippen LogP contribution in [0, 0.1) is 0 Å². The number of Topliss-reactive ketones (excluding diaryl/α,β-unsaturated/α-hetero) is 1. The van der Waals surface area contributed by atoms with Crippen LogP contribution in [0.15, 0.2) is 0 Å². The summed E-state index contributed by atoms with van der Waals surface area (Å²) in [6.45, 7) is 2.38. The van der Waals surface area contributed by atoms with Crippen LogP contribution in [0.5, 0.6) is 0 Å². The third-order valence-corrected chi connectivity index (χ3v) is 2.74. The van der Waals surface area contributed by atoms with E-state index in [1.54, 1.807) is 6.92 Å². The molecule has 90 valence electrons. The summed E-state index contributed by atoms with van der Waals surface area (Å²) in [6, 6.07) is -0.234. The van der Waals surface area contributed by atoms with Crippen molar-refractivity contribution in [3.05, 3.63) is 0 Å². The van der Waals surface area contributed by atoms with E-state index in [1.165, 1.54) is 32.1 Å². The number of nitrogens with two attached hydrogens (primary N) is 2. The van der Waals surface area contributed by atoms with Crippen LogP contribution in [0.3, 0.4) is 0 Å². The fourth-order valence-electron chi connectivity index (χ4n) is 1.60. The maximum Gasteiger partial charge on any atom is 0.146 e. The van der Waals surface area contributed by atoms with E-state index in [-0.39, 0.29) is 11.8 Å². The second kappa shape index (κ2) is 10.1. The molecule has 0 aromatic rings. The van der Waals surface area contributed by atoms with Crippen LogP contribution < -0.4 is 11.5 Å². The normalized spacial score (nSPS) is 12.7. The predicted molar refractivity (Wildman–Crippen MR) is 64.6 cm³/mol.